The highest BCUT2D eigenvalue weighted by atomic mass is 16.3. The number of rotatable bonds is 6. The third-order valence-electron chi connectivity index (χ3n) is 11.0. The predicted molar refractivity (Wildman–Crippen MR) is 235 cm³/mol. The molecule has 8 aromatic carbocycles. The lowest BCUT2D eigenvalue weighted by molar-refractivity contribution is 0.668. The molecule has 0 aliphatic carbocycles. The van der Waals surface area contributed by atoms with Gasteiger partial charge in [0.05, 0.1) is 23.1 Å². The Kier molecular flexibility index (Phi) is 7.44. The summed E-state index contributed by atoms with van der Waals surface area (Å²) >= 11 is 0. The predicted octanol–water partition coefficient (Wildman–Crippen LogP) is 14.1. The zero-order valence-corrected chi connectivity index (χ0v) is 30.9. The molecule has 57 heavy (non-hydrogen) atoms. The highest BCUT2D eigenvalue weighted by Gasteiger charge is 2.22. The summed E-state index contributed by atoms with van der Waals surface area (Å²) < 4.78 is 12.9. The van der Waals surface area contributed by atoms with Crippen molar-refractivity contribution in [1.29, 1.82) is 0 Å². The Morgan fingerprint density at radius 2 is 1.07 bits per heavy atom. The minimum Gasteiger partial charge on any atom is -0.455 e. The van der Waals surface area contributed by atoms with Gasteiger partial charge in [-0.3, -0.25) is 9.98 Å². The van der Waals surface area contributed by atoms with Gasteiger partial charge in [-0.05, 0) is 72.3 Å². The zero-order valence-electron chi connectivity index (χ0n) is 30.9. The highest BCUT2D eigenvalue weighted by Crippen LogP contribution is 2.47. The van der Waals surface area contributed by atoms with E-state index >= 15 is 0 Å². The molecule has 0 amide bonds. The fourth-order valence-corrected chi connectivity index (χ4v) is 8.30. The molecular weight excluding hydrogens is 701 g/mol. The van der Waals surface area contributed by atoms with Gasteiger partial charge < -0.3 is 8.83 Å². The van der Waals surface area contributed by atoms with E-state index in [-0.39, 0.29) is 0 Å². The quantitative estimate of drug-likeness (QED) is 0.126. The molecule has 6 nitrogen and oxygen atoms in total. The molecule has 268 valence electrons. The maximum Gasteiger partial charge on any atom is 0.144 e. The fourth-order valence-electron chi connectivity index (χ4n) is 8.30. The van der Waals surface area contributed by atoms with Gasteiger partial charge in [0.25, 0.3) is 0 Å². The molecule has 0 saturated carbocycles. The number of benzene rings is 8. The van der Waals surface area contributed by atoms with Crippen LogP contribution in [0.2, 0.25) is 0 Å². The summed E-state index contributed by atoms with van der Waals surface area (Å²) in [5, 5.41) is 5.97. The number of fused-ring (bicyclic) bond motifs is 9. The molecule has 3 aromatic heterocycles. The first-order chi connectivity index (χ1) is 28.1. The van der Waals surface area contributed by atoms with Crippen molar-refractivity contribution in [2.75, 3.05) is 0 Å². The lowest BCUT2D eigenvalue weighted by Crippen LogP contribution is -1.97. The molecule has 0 aliphatic rings. The molecule has 0 aliphatic heterocycles. The summed E-state index contributed by atoms with van der Waals surface area (Å²) in [5.74, 6) is 0. The molecule has 0 saturated heterocycles. The Hall–Kier alpha value is -7.70. The Balaban J connectivity index is 1.23. The molecule has 0 unspecified atom stereocenters. The molecule has 0 atom stereocenters. The first-order valence-electron chi connectivity index (χ1n) is 18.9. The van der Waals surface area contributed by atoms with Crippen LogP contribution in [0.1, 0.15) is 12.5 Å². The standard InChI is InChI=1S/C51H32N4O2/c1-30(33-21-13-22-36-34-19-9-11-25-44(34)56-50(33)36)54-47-42-28-40(32-17-7-4-8-18-32)39(31-15-5-3-6-16-31)27-41(42)46-49(48(47)52-2)55-43(29-53-46)38-24-14-23-37-35-20-10-12-26-45(35)57-51(37)38/h3-29H,2H2,1H3. The SMILES string of the molecule is C=Nc1c(N=C(C)c2cccc3c2oc2ccccc23)c2cc(-c3ccccc3)c(-c3ccccc3)cc2c2ncc(-c3cccc4c3oc3ccccc34)nc12. The van der Waals surface area contributed by atoms with E-state index in [2.05, 4.69) is 104 Å². The van der Waals surface area contributed by atoms with Gasteiger partial charge in [0.2, 0.25) is 0 Å². The van der Waals surface area contributed by atoms with Crippen LogP contribution in [0.15, 0.2) is 183 Å². The van der Waals surface area contributed by atoms with E-state index in [0.29, 0.717) is 28.1 Å². The first kappa shape index (κ1) is 32.7. The van der Waals surface area contributed by atoms with Crippen LogP contribution in [0.25, 0.3) is 99.2 Å². The first-order valence-corrected chi connectivity index (χ1v) is 18.9. The molecule has 3 heterocycles. The van der Waals surface area contributed by atoms with E-state index in [1.54, 1.807) is 0 Å². The summed E-state index contributed by atoms with van der Waals surface area (Å²) in [6.07, 6.45) is 1.83. The van der Waals surface area contributed by atoms with Gasteiger partial charge in [-0.1, -0.05) is 121 Å². The van der Waals surface area contributed by atoms with Gasteiger partial charge in [-0.2, -0.15) is 0 Å². The van der Waals surface area contributed by atoms with Gasteiger partial charge in [0.1, 0.15) is 33.5 Å². The number of hydrogen-bond acceptors (Lipinski definition) is 6. The van der Waals surface area contributed by atoms with Crippen molar-refractivity contribution in [2.24, 2.45) is 9.98 Å². The third-order valence-corrected chi connectivity index (χ3v) is 11.0. The summed E-state index contributed by atoms with van der Waals surface area (Å²) in [5.41, 5.74) is 13.2. The fraction of sp³-hybridized carbons (Fsp3) is 0.0196. The molecule has 0 spiro atoms. The highest BCUT2D eigenvalue weighted by molar-refractivity contribution is 6.22. The van der Waals surface area contributed by atoms with Crippen LogP contribution in [0.5, 0.6) is 0 Å². The van der Waals surface area contributed by atoms with E-state index in [4.69, 9.17) is 28.8 Å². The van der Waals surface area contributed by atoms with E-state index < -0.39 is 0 Å². The third kappa shape index (κ3) is 5.19. The maximum absolute atomic E-state index is 6.47. The Morgan fingerprint density at radius 3 is 1.74 bits per heavy atom. The second-order valence-corrected chi connectivity index (χ2v) is 14.2. The van der Waals surface area contributed by atoms with Crippen molar-refractivity contribution in [2.45, 2.75) is 6.92 Å². The average Bonchev–Trinajstić information content (AvgIpc) is 3.85. The minimum absolute atomic E-state index is 0.547. The number of para-hydroxylation sites is 4. The smallest absolute Gasteiger partial charge is 0.144 e. The van der Waals surface area contributed by atoms with Crippen molar-refractivity contribution in [3.05, 3.63) is 169 Å². The summed E-state index contributed by atoms with van der Waals surface area (Å²) in [4.78, 5) is 20.7. The largest absolute Gasteiger partial charge is 0.455 e. The molecular formula is C51H32N4O2. The van der Waals surface area contributed by atoms with Crippen LogP contribution in [-0.2, 0) is 0 Å². The van der Waals surface area contributed by atoms with Crippen LogP contribution in [-0.4, -0.2) is 22.4 Å². The summed E-state index contributed by atoms with van der Waals surface area (Å²) in [6.45, 7) is 6.13. The van der Waals surface area contributed by atoms with Gasteiger partial charge in [-0.15, -0.1) is 0 Å². The molecule has 6 heteroatoms. The number of hydrogen-bond donors (Lipinski definition) is 0. The lowest BCUT2D eigenvalue weighted by atomic mass is 9.90. The lowest BCUT2D eigenvalue weighted by Gasteiger charge is -2.17. The number of furan rings is 2. The van der Waals surface area contributed by atoms with Crippen LogP contribution in [0.3, 0.4) is 0 Å². The zero-order chi connectivity index (χ0) is 38.0. The van der Waals surface area contributed by atoms with E-state index in [9.17, 15) is 0 Å². The van der Waals surface area contributed by atoms with Crippen molar-refractivity contribution >= 4 is 89.5 Å². The van der Waals surface area contributed by atoms with Gasteiger partial charge >= 0.3 is 0 Å². The van der Waals surface area contributed by atoms with Crippen LogP contribution in [0.4, 0.5) is 11.4 Å². The second kappa shape index (κ2) is 13.0. The Bertz CT molecular complexity index is 3430. The molecule has 11 rings (SSSR count). The second-order valence-electron chi connectivity index (χ2n) is 14.2. The van der Waals surface area contributed by atoms with Gasteiger partial charge in [-0.25, -0.2) is 9.98 Å². The van der Waals surface area contributed by atoms with Crippen molar-refractivity contribution in [1.82, 2.24) is 9.97 Å². The monoisotopic (exact) mass is 732 g/mol. The molecule has 0 N–H and O–H groups in total. The van der Waals surface area contributed by atoms with Gasteiger partial charge in [0.15, 0.2) is 0 Å². The van der Waals surface area contributed by atoms with E-state index in [1.165, 1.54) is 0 Å². The molecule has 0 radical (unpaired) electrons. The van der Waals surface area contributed by atoms with E-state index in [0.717, 1.165) is 93.7 Å². The van der Waals surface area contributed by atoms with E-state index in [1.807, 2.05) is 73.8 Å². The van der Waals surface area contributed by atoms with Crippen LogP contribution < -0.4 is 0 Å². The number of nitrogens with zero attached hydrogens (tertiary/aromatic N) is 4. The normalized spacial score (nSPS) is 12.1. The Morgan fingerprint density at radius 1 is 0.509 bits per heavy atom. The average molecular weight is 733 g/mol. The summed E-state index contributed by atoms with van der Waals surface area (Å²) in [6, 6.07) is 53.9. The molecule has 0 fully saturated rings. The number of aromatic nitrogens is 2. The molecule has 11 aromatic rings. The van der Waals surface area contributed by atoms with Crippen LogP contribution in [0, 0.1) is 0 Å². The Labute approximate surface area is 327 Å². The van der Waals surface area contributed by atoms with Gasteiger partial charge in [0, 0.05) is 49.2 Å². The number of aliphatic imine (C=N–C) groups is 2. The summed E-state index contributed by atoms with van der Waals surface area (Å²) in [7, 11) is 0. The van der Waals surface area contributed by atoms with Crippen LogP contribution >= 0.6 is 0 Å². The van der Waals surface area contributed by atoms with Crippen molar-refractivity contribution < 1.29 is 8.83 Å². The maximum atomic E-state index is 6.47. The topological polar surface area (TPSA) is 76.8 Å². The van der Waals surface area contributed by atoms with Crippen molar-refractivity contribution in [3.63, 3.8) is 0 Å². The van der Waals surface area contributed by atoms with Crippen molar-refractivity contribution in [3.8, 4) is 33.5 Å². The molecule has 0 bridgehead atoms. The minimum atomic E-state index is 0.547.